The number of hydrogen-bond acceptors (Lipinski definition) is 9. The van der Waals surface area contributed by atoms with Crippen molar-refractivity contribution in [2.45, 2.75) is 30.6 Å². The van der Waals surface area contributed by atoms with Crippen LogP contribution in [0.5, 0.6) is 11.5 Å². The van der Waals surface area contributed by atoms with Gasteiger partial charge in [0.1, 0.15) is 29.8 Å². The fraction of sp³-hybridized carbons (Fsp3) is 0.533. The van der Waals surface area contributed by atoms with E-state index in [-0.39, 0.29) is 5.56 Å². The molecule has 0 saturated carbocycles. The molecular formula is C15H22N2O8. The molecule has 25 heavy (non-hydrogen) atoms. The number of carbonyl (C=O) groups is 1. The number of aliphatic hydroxyl groups excluding tert-OH is 3. The second kappa shape index (κ2) is 8.43. The first-order valence-corrected chi connectivity index (χ1v) is 7.47. The minimum atomic E-state index is -1.45. The van der Waals surface area contributed by atoms with Crippen LogP contribution in [0.15, 0.2) is 18.2 Å². The number of methoxy groups -OCH3 is 2. The summed E-state index contributed by atoms with van der Waals surface area (Å²) in [6, 6.07) is 3.35. The Kier molecular flexibility index (Phi) is 6.53. The van der Waals surface area contributed by atoms with Gasteiger partial charge in [0.05, 0.1) is 26.9 Å². The minimum absolute atomic E-state index is 0.188. The van der Waals surface area contributed by atoms with Crippen LogP contribution in [0.3, 0.4) is 0 Å². The Balaban J connectivity index is 2.22. The van der Waals surface area contributed by atoms with E-state index in [0.717, 1.165) is 0 Å². The maximum atomic E-state index is 12.5. The average Bonchev–Trinajstić information content (AvgIpc) is 2.64. The van der Waals surface area contributed by atoms with Crippen molar-refractivity contribution in [3.8, 4) is 11.5 Å². The Labute approximate surface area is 144 Å². The van der Waals surface area contributed by atoms with E-state index in [1.807, 2.05) is 0 Å². The molecule has 1 saturated heterocycles. The van der Waals surface area contributed by atoms with Crippen LogP contribution >= 0.6 is 0 Å². The van der Waals surface area contributed by atoms with Crippen LogP contribution in [-0.2, 0) is 9.57 Å². The summed E-state index contributed by atoms with van der Waals surface area (Å²) < 4.78 is 15.3. The summed E-state index contributed by atoms with van der Waals surface area (Å²) in [6.45, 7) is -0.549. The molecule has 2 rings (SSSR count). The number of hydrogen-bond donors (Lipinski definition) is 5. The molecule has 1 amide bonds. The number of benzene rings is 1. The van der Waals surface area contributed by atoms with Crippen molar-refractivity contribution in [3.05, 3.63) is 23.8 Å². The van der Waals surface area contributed by atoms with E-state index < -0.39 is 43.2 Å². The van der Waals surface area contributed by atoms with E-state index >= 15 is 0 Å². The Hall–Kier alpha value is -1.95. The van der Waals surface area contributed by atoms with Gasteiger partial charge in [-0.1, -0.05) is 0 Å². The predicted molar refractivity (Wildman–Crippen MR) is 83.8 cm³/mol. The Morgan fingerprint density at radius 1 is 1.20 bits per heavy atom. The van der Waals surface area contributed by atoms with E-state index in [1.165, 1.54) is 26.4 Å². The molecule has 0 aromatic heterocycles. The molecule has 10 nitrogen and oxygen atoms in total. The standard InChI is InChI=1S/C15H22N2O8/c1-22-8-3-7(4-9(5-8)23-2)14(21)17-11-12(19)10(6-18)24-15(25-16)13(11)20/h3-5,10-13,15,18-20H,6,16H2,1-2H3,(H,17,21)/t10-,11+,12+,13-,15+/m1/s1. The molecule has 140 valence electrons. The SMILES string of the molecule is COc1cc(OC)cc(C(=O)N[C@H]2[C@@H](O)[C@@H](CO)O[C@@H](ON)[C@@H]2O)c1. The lowest BCUT2D eigenvalue weighted by molar-refractivity contribution is -0.280. The highest BCUT2D eigenvalue weighted by atomic mass is 16.8. The molecule has 0 unspecified atom stereocenters. The average molecular weight is 358 g/mol. The van der Waals surface area contributed by atoms with Gasteiger partial charge in [-0.05, 0) is 12.1 Å². The van der Waals surface area contributed by atoms with Crippen LogP contribution in [0.4, 0.5) is 0 Å². The normalized spacial score (nSPS) is 29.1. The van der Waals surface area contributed by atoms with Gasteiger partial charge in [0.2, 0.25) is 6.29 Å². The lowest BCUT2D eigenvalue weighted by Gasteiger charge is -2.41. The Bertz CT molecular complexity index is 561. The number of rotatable bonds is 6. The molecular weight excluding hydrogens is 336 g/mol. The minimum Gasteiger partial charge on any atom is -0.497 e. The van der Waals surface area contributed by atoms with Gasteiger partial charge in [-0.3, -0.25) is 9.63 Å². The van der Waals surface area contributed by atoms with E-state index in [0.29, 0.717) is 11.5 Å². The maximum Gasteiger partial charge on any atom is 0.251 e. The highest BCUT2D eigenvalue weighted by Gasteiger charge is 2.45. The fourth-order valence-corrected chi connectivity index (χ4v) is 2.54. The highest BCUT2D eigenvalue weighted by molar-refractivity contribution is 5.95. The number of amides is 1. The summed E-state index contributed by atoms with van der Waals surface area (Å²) in [5.74, 6) is 5.23. The first kappa shape index (κ1) is 19.4. The molecule has 0 aliphatic carbocycles. The van der Waals surface area contributed by atoms with Gasteiger partial charge >= 0.3 is 0 Å². The number of nitrogens with two attached hydrogens (primary N) is 1. The monoisotopic (exact) mass is 358 g/mol. The topological polar surface area (TPSA) is 153 Å². The summed E-state index contributed by atoms with van der Waals surface area (Å²) in [6.07, 6.45) is -5.21. The lowest BCUT2D eigenvalue weighted by Crippen LogP contribution is -2.65. The van der Waals surface area contributed by atoms with Gasteiger partial charge in [-0.2, -0.15) is 0 Å². The molecule has 1 aliphatic rings. The van der Waals surface area contributed by atoms with Crippen molar-refractivity contribution < 1.29 is 39.2 Å². The molecule has 1 aromatic rings. The summed E-state index contributed by atoms with van der Waals surface area (Å²) in [5.41, 5.74) is 0.188. The van der Waals surface area contributed by atoms with E-state index in [2.05, 4.69) is 10.2 Å². The number of ether oxygens (including phenoxy) is 3. The van der Waals surface area contributed by atoms with Crippen molar-refractivity contribution in [2.24, 2.45) is 5.90 Å². The van der Waals surface area contributed by atoms with Gasteiger partial charge in [-0.25, -0.2) is 5.90 Å². The molecule has 5 atom stereocenters. The molecule has 6 N–H and O–H groups in total. The van der Waals surface area contributed by atoms with Crippen molar-refractivity contribution in [3.63, 3.8) is 0 Å². The third-order valence-corrected chi connectivity index (χ3v) is 3.93. The lowest BCUT2D eigenvalue weighted by atomic mass is 9.96. The largest absolute Gasteiger partial charge is 0.497 e. The predicted octanol–water partition coefficient (Wildman–Crippen LogP) is -1.87. The summed E-state index contributed by atoms with van der Waals surface area (Å²) >= 11 is 0. The quantitative estimate of drug-likeness (QED) is 0.368. The van der Waals surface area contributed by atoms with Crippen LogP contribution in [0.2, 0.25) is 0 Å². The molecule has 0 radical (unpaired) electrons. The molecule has 10 heteroatoms. The summed E-state index contributed by atoms with van der Waals surface area (Å²) in [5, 5.41) is 32.1. The number of carbonyl (C=O) groups excluding carboxylic acids is 1. The van der Waals surface area contributed by atoms with Crippen molar-refractivity contribution >= 4 is 5.91 Å². The van der Waals surface area contributed by atoms with Crippen LogP contribution in [0, 0.1) is 0 Å². The molecule has 0 bridgehead atoms. The second-order valence-electron chi connectivity index (χ2n) is 5.44. The molecule has 1 aromatic carbocycles. The maximum absolute atomic E-state index is 12.5. The zero-order valence-corrected chi connectivity index (χ0v) is 13.8. The van der Waals surface area contributed by atoms with Gasteiger partial charge in [0.15, 0.2) is 0 Å². The van der Waals surface area contributed by atoms with Crippen LogP contribution < -0.4 is 20.7 Å². The van der Waals surface area contributed by atoms with Gasteiger partial charge < -0.3 is 34.8 Å². The van der Waals surface area contributed by atoms with Gasteiger partial charge in [-0.15, -0.1) is 0 Å². The molecule has 0 spiro atoms. The molecule has 1 fully saturated rings. The summed E-state index contributed by atoms with van der Waals surface area (Å²) in [4.78, 5) is 17.0. The first-order chi connectivity index (χ1) is 11.9. The molecule has 1 heterocycles. The highest BCUT2D eigenvalue weighted by Crippen LogP contribution is 2.24. The van der Waals surface area contributed by atoms with E-state index in [9.17, 15) is 20.1 Å². The number of nitrogens with one attached hydrogen (secondary N) is 1. The third kappa shape index (κ3) is 4.18. The van der Waals surface area contributed by atoms with Gasteiger partial charge in [0.25, 0.3) is 5.91 Å². The first-order valence-electron chi connectivity index (χ1n) is 7.47. The van der Waals surface area contributed by atoms with Crippen LogP contribution in [0.1, 0.15) is 10.4 Å². The number of aliphatic hydroxyl groups is 3. The van der Waals surface area contributed by atoms with Crippen molar-refractivity contribution in [1.29, 1.82) is 0 Å². The zero-order valence-electron chi connectivity index (χ0n) is 13.8. The third-order valence-electron chi connectivity index (χ3n) is 3.93. The van der Waals surface area contributed by atoms with Crippen LogP contribution in [-0.4, -0.2) is 72.7 Å². The van der Waals surface area contributed by atoms with Crippen molar-refractivity contribution in [2.75, 3.05) is 20.8 Å². The smallest absolute Gasteiger partial charge is 0.251 e. The molecule has 1 aliphatic heterocycles. The second-order valence-corrected chi connectivity index (χ2v) is 5.44. The Morgan fingerprint density at radius 2 is 1.80 bits per heavy atom. The van der Waals surface area contributed by atoms with Crippen LogP contribution in [0.25, 0.3) is 0 Å². The van der Waals surface area contributed by atoms with E-state index in [1.54, 1.807) is 6.07 Å². The summed E-state index contributed by atoms with van der Waals surface area (Å²) in [7, 11) is 2.88. The van der Waals surface area contributed by atoms with E-state index in [4.69, 9.17) is 20.1 Å². The zero-order chi connectivity index (χ0) is 18.6. The fourth-order valence-electron chi connectivity index (χ4n) is 2.54. The van der Waals surface area contributed by atoms with Gasteiger partial charge in [0, 0.05) is 11.6 Å². The Morgan fingerprint density at radius 3 is 2.28 bits per heavy atom. The van der Waals surface area contributed by atoms with Crippen molar-refractivity contribution in [1.82, 2.24) is 5.32 Å².